The molecule has 23 heavy (non-hydrogen) atoms. The Hall–Kier alpha value is -2.41. The second kappa shape index (κ2) is 6.78. The first-order chi connectivity index (χ1) is 11.2. The fourth-order valence-corrected chi connectivity index (χ4v) is 2.99. The predicted molar refractivity (Wildman–Crippen MR) is 84.4 cm³/mol. The molecule has 1 fully saturated rings. The van der Waals surface area contributed by atoms with Crippen LogP contribution < -0.4 is 0 Å². The minimum atomic E-state index is -0.406. The van der Waals surface area contributed by atoms with Gasteiger partial charge in [-0.15, -0.1) is 11.3 Å². The number of esters is 1. The summed E-state index contributed by atoms with van der Waals surface area (Å²) in [5.74, 6) is 0.232. The molecule has 7 heteroatoms. The molecule has 0 unspecified atom stereocenters. The molecule has 0 aromatic carbocycles. The summed E-state index contributed by atoms with van der Waals surface area (Å²) in [7, 11) is 1.34. The van der Waals surface area contributed by atoms with Gasteiger partial charge >= 0.3 is 11.9 Å². The first-order valence-corrected chi connectivity index (χ1v) is 8.07. The summed E-state index contributed by atoms with van der Waals surface area (Å²) >= 11 is 1.28. The highest BCUT2D eigenvalue weighted by Crippen LogP contribution is 2.30. The van der Waals surface area contributed by atoms with Crippen LogP contribution in [0.15, 0.2) is 33.2 Å². The molecule has 0 saturated heterocycles. The van der Waals surface area contributed by atoms with Crippen LogP contribution in [0.4, 0.5) is 0 Å². The highest BCUT2D eigenvalue weighted by atomic mass is 32.1. The van der Waals surface area contributed by atoms with Gasteiger partial charge in [0.15, 0.2) is 0 Å². The number of nitrogens with zero attached hydrogens (tertiary/aromatic N) is 1. The van der Waals surface area contributed by atoms with E-state index in [1.165, 1.54) is 24.7 Å². The van der Waals surface area contributed by atoms with E-state index in [4.69, 9.17) is 14.0 Å². The summed E-state index contributed by atoms with van der Waals surface area (Å²) in [4.78, 5) is 28.5. The first kappa shape index (κ1) is 15.5. The van der Waals surface area contributed by atoms with Gasteiger partial charge in [-0.3, -0.25) is 0 Å². The lowest BCUT2D eigenvalue weighted by molar-refractivity contribution is -0.151. The molecule has 2 aromatic rings. The molecule has 2 heterocycles. The van der Waals surface area contributed by atoms with Gasteiger partial charge in [-0.25, -0.2) is 9.59 Å². The molecule has 0 aliphatic heterocycles. The Bertz CT molecular complexity index is 741. The number of furan rings is 1. The van der Waals surface area contributed by atoms with Crippen LogP contribution in [0, 0.1) is 5.92 Å². The van der Waals surface area contributed by atoms with E-state index in [0.717, 1.165) is 19.3 Å². The van der Waals surface area contributed by atoms with Crippen molar-refractivity contribution in [3.8, 4) is 11.3 Å². The van der Waals surface area contributed by atoms with Crippen LogP contribution in [0.1, 0.15) is 34.7 Å². The molecule has 6 nitrogen and oxygen atoms in total. The number of oxime groups is 1. The number of thiophene rings is 1. The van der Waals surface area contributed by atoms with E-state index in [1.54, 1.807) is 23.6 Å². The molecule has 0 atom stereocenters. The first-order valence-electron chi connectivity index (χ1n) is 7.19. The van der Waals surface area contributed by atoms with Gasteiger partial charge in [0.05, 0.1) is 13.0 Å². The average Bonchev–Trinajstić information content (AvgIpc) is 3.12. The van der Waals surface area contributed by atoms with E-state index in [-0.39, 0.29) is 11.9 Å². The maximum absolute atomic E-state index is 11.7. The van der Waals surface area contributed by atoms with Crippen molar-refractivity contribution in [3.05, 3.63) is 34.2 Å². The standard InChI is InChI=1S/C16H15NO5S/c1-20-16(19)14-12(7-8-23-14)13-6-5-11(21-13)9-17-22-15(18)10-3-2-4-10/h5-10H,2-4H2,1H3. The molecule has 0 bridgehead atoms. The minimum Gasteiger partial charge on any atom is -0.465 e. The number of hydrogen-bond acceptors (Lipinski definition) is 7. The zero-order valence-corrected chi connectivity index (χ0v) is 13.3. The van der Waals surface area contributed by atoms with Crippen LogP contribution in [0.25, 0.3) is 11.3 Å². The highest BCUT2D eigenvalue weighted by Gasteiger charge is 2.27. The van der Waals surface area contributed by atoms with Crippen LogP contribution in [-0.2, 0) is 14.4 Å². The van der Waals surface area contributed by atoms with Crippen molar-refractivity contribution in [2.24, 2.45) is 11.1 Å². The fraction of sp³-hybridized carbons (Fsp3) is 0.312. The molecule has 3 rings (SSSR count). The van der Waals surface area contributed by atoms with Crippen LogP contribution in [0.2, 0.25) is 0 Å². The Morgan fingerprint density at radius 1 is 1.35 bits per heavy atom. The third-order valence-electron chi connectivity index (χ3n) is 3.69. The molecular formula is C16H15NO5S. The Kier molecular flexibility index (Phi) is 4.57. The quantitative estimate of drug-likeness (QED) is 0.362. The van der Waals surface area contributed by atoms with Crippen molar-refractivity contribution in [2.45, 2.75) is 19.3 Å². The number of ether oxygens (including phenoxy) is 1. The molecule has 120 valence electrons. The maximum atomic E-state index is 11.7. The Balaban J connectivity index is 1.67. The number of hydrogen-bond donors (Lipinski definition) is 0. The number of carbonyl (C=O) groups excluding carboxylic acids is 2. The molecule has 0 radical (unpaired) electrons. The fourth-order valence-electron chi connectivity index (χ4n) is 2.17. The molecular weight excluding hydrogens is 318 g/mol. The summed E-state index contributed by atoms with van der Waals surface area (Å²) in [6, 6.07) is 5.20. The zero-order valence-electron chi connectivity index (χ0n) is 12.5. The maximum Gasteiger partial charge on any atom is 0.348 e. The lowest BCUT2D eigenvalue weighted by atomic mass is 9.86. The van der Waals surface area contributed by atoms with Crippen LogP contribution in [0.3, 0.4) is 0 Å². The van der Waals surface area contributed by atoms with Gasteiger partial charge in [0.25, 0.3) is 0 Å². The summed E-state index contributed by atoms with van der Waals surface area (Å²) in [6.45, 7) is 0. The van der Waals surface area contributed by atoms with E-state index >= 15 is 0 Å². The minimum absolute atomic E-state index is 0.0206. The SMILES string of the molecule is COC(=O)c1sccc1-c1ccc(C=NOC(=O)C2CCC2)o1. The topological polar surface area (TPSA) is 78.1 Å². The molecule has 2 aromatic heterocycles. The lowest BCUT2D eigenvalue weighted by Gasteiger charge is -2.20. The summed E-state index contributed by atoms with van der Waals surface area (Å²) < 4.78 is 10.3. The van der Waals surface area contributed by atoms with Crippen LogP contribution in [0.5, 0.6) is 0 Å². The zero-order chi connectivity index (χ0) is 16.2. The molecule has 1 saturated carbocycles. The van der Waals surface area contributed by atoms with Gasteiger partial charge in [-0.2, -0.15) is 0 Å². The Labute approximate surface area is 136 Å². The van der Waals surface area contributed by atoms with E-state index in [9.17, 15) is 9.59 Å². The van der Waals surface area contributed by atoms with Gasteiger partial charge in [0.1, 0.15) is 22.6 Å². The van der Waals surface area contributed by atoms with Crippen molar-refractivity contribution >= 4 is 29.5 Å². The second-order valence-corrected chi connectivity index (χ2v) is 6.05. The summed E-state index contributed by atoms with van der Waals surface area (Å²) in [5.41, 5.74) is 0.660. The van der Waals surface area contributed by atoms with Gasteiger partial charge in [0.2, 0.25) is 0 Å². The molecule has 1 aliphatic carbocycles. The van der Waals surface area contributed by atoms with Gasteiger partial charge in [0, 0.05) is 5.56 Å². The largest absolute Gasteiger partial charge is 0.465 e. The molecule has 0 amide bonds. The van der Waals surface area contributed by atoms with E-state index < -0.39 is 5.97 Å². The predicted octanol–water partition coefficient (Wildman–Crippen LogP) is 3.47. The van der Waals surface area contributed by atoms with E-state index in [1.807, 2.05) is 0 Å². The normalized spacial score (nSPS) is 14.7. The van der Waals surface area contributed by atoms with E-state index in [2.05, 4.69) is 5.16 Å². The van der Waals surface area contributed by atoms with Gasteiger partial charge < -0.3 is 14.0 Å². The Morgan fingerprint density at radius 2 is 2.17 bits per heavy atom. The average molecular weight is 333 g/mol. The van der Waals surface area contributed by atoms with Gasteiger partial charge in [-0.1, -0.05) is 11.6 Å². The number of methoxy groups -OCH3 is 1. The van der Waals surface area contributed by atoms with Crippen molar-refractivity contribution in [1.29, 1.82) is 0 Å². The second-order valence-electron chi connectivity index (χ2n) is 5.13. The molecule has 1 aliphatic rings. The monoisotopic (exact) mass is 333 g/mol. The lowest BCUT2D eigenvalue weighted by Crippen LogP contribution is -2.22. The highest BCUT2D eigenvalue weighted by molar-refractivity contribution is 7.12. The van der Waals surface area contributed by atoms with Crippen molar-refractivity contribution in [1.82, 2.24) is 0 Å². The van der Waals surface area contributed by atoms with Crippen molar-refractivity contribution < 1.29 is 23.6 Å². The number of carbonyl (C=O) groups is 2. The van der Waals surface area contributed by atoms with E-state index in [0.29, 0.717) is 22.0 Å². The third-order valence-corrected chi connectivity index (χ3v) is 4.58. The van der Waals surface area contributed by atoms with Crippen LogP contribution >= 0.6 is 11.3 Å². The summed E-state index contributed by atoms with van der Waals surface area (Å²) in [5, 5.41) is 5.45. The third kappa shape index (κ3) is 3.34. The van der Waals surface area contributed by atoms with Crippen molar-refractivity contribution in [2.75, 3.05) is 7.11 Å². The van der Waals surface area contributed by atoms with Gasteiger partial charge in [-0.05, 0) is 36.4 Å². The van der Waals surface area contributed by atoms with Crippen molar-refractivity contribution in [3.63, 3.8) is 0 Å². The van der Waals surface area contributed by atoms with Crippen LogP contribution in [-0.4, -0.2) is 25.3 Å². The molecule has 0 spiro atoms. The number of rotatable bonds is 5. The molecule has 0 N–H and O–H groups in total. The smallest absolute Gasteiger partial charge is 0.348 e. The Morgan fingerprint density at radius 3 is 2.87 bits per heavy atom. The summed E-state index contributed by atoms with van der Waals surface area (Å²) in [6.07, 6.45) is 4.14.